The Morgan fingerprint density at radius 1 is 1.21 bits per heavy atom. The number of nitro groups is 1. The first kappa shape index (κ1) is 19.5. The minimum absolute atomic E-state index is 0.128. The molecule has 2 aromatic carbocycles. The number of anilines is 1. The number of hydrogen-bond donors (Lipinski definition) is 2. The van der Waals surface area contributed by atoms with Gasteiger partial charge in [0, 0.05) is 23.7 Å². The number of fused-ring (bicyclic) bond motifs is 1. The quantitative estimate of drug-likeness (QED) is 0.602. The van der Waals surface area contributed by atoms with Crippen LogP contribution in [0.25, 0.3) is 0 Å². The van der Waals surface area contributed by atoms with Gasteiger partial charge in [-0.3, -0.25) is 14.9 Å². The van der Waals surface area contributed by atoms with E-state index in [0.29, 0.717) is 12.2 Å². The largest absolute Gasteiger partial charge is 0.380 e. The molecular weight excluding hydrogens is 356 g/mol. The van der Waals surface area contributed by atoms with Gasteiger partial charge < -0.3 is 5.32 Å². The molecule has 0 radical (unpaired) electrons. The Hall–Kier alpha value is -3.22. The van der Waals surface area contributed by atoms with Crippen molar-refractivity contribution >= 4 is 23.0 Å². The van der Waals surface area contributed by atoms with Crippen molar-refractivity contribution in [2.24, 2.45) is 5.10 Å². The van der Waals surface area contributed by atoms with Crippen LogP contribution in [0, 0.1) is 24.0 Å². The summed E-state index contributed by atoms with van der Waals surface area (Å²) in [5.74, 6) is -0.463. The first-order chi connectivity index (χ1) is 13.4. The highest BCUT2D eigenvalue weighted by Crippen LogP contribution is 2.27. The summed E-state index contributed by atoms with van der Waals surface area (Å²) in [5, 5.41) is 18.6. The van der Waals surface area contributed by atoms with E-state index < -0.39 is 10.8 Å². The summed E-state index contributed by atoms with van der Waals surface area (Å²) in [7, 11) is 0. The van der Waals surface area contributed by atoms with Crippen LogP contribution in [0.2, 0.25) is 0 Å². The predicted octanol–water partition coefficient (Wildman–Crippen LogP) is 4.11. The molecule has 0 heterocycles. The summed E-state index contributed by atoms with van der Waals surface area (Å²) in [5.41, 5.74) is 8.64. The highest BCUT2D eigenvalue weighted by molar-refractivity contribution is 6.04. The second-order valence-electron chi connectivity index (χ2n) is 6.98. The molecule has 28 heavy (non-hydrogen) atoms. The number of nitrogens with zero attached hydrogens (tertiary/aromatic N) is 2. The van der Waals surface area contributed by atoms with E-state index in [-0.39, 0.29) is 11.3 Å². The van der Waals surface area contributed by atoms with Gasteiger partial charge in [0.05, 0.1) is 10.6 Å². The van der Waals surface area contributed by atoms with Gasteiger partial charge in [0.15, 0.2) is 0 Å². The molecule has 0 atom stereocenters. The first-order valence-electron chi connectivity index (χ1n) is 9.40. The van der Waals surface area contributed by atoms with E-state index >= 15 is 0 Å². The molecule has 1 aliphatic rings. The number of hydrazone groups is 1. The fraction of sp³-hybridized carbons (Fsp3) is 0.333. The lowest BCUT2D eigenvalue weighted by Gasteiger charge is -2.20. The van der Waals surface area contributed by atoms with Crippen molar-refractivity contribution in [2.75, 3.05) is 11.9 Å². The molecule has 7 heteroatoms. The molecule has 3 rings (SSSR count). The summed E-state index contributed by atoms with van der Waals surface area (Å²) in [6.07, 6.45) is 2.77. The van der Waals surface area contributed by atoms with E-state index in [4.69, 9.17) is 0 Å². The smallest absolute Gasteiger partial charge is 0.293 e. The van der Waals surface area contributed by atoms with Crippen LogP contribution in [-0.2, 0) is 6.42 Å². The van der Waals surface area contributed by atoms with Gasteiger partial charge in [-0.1, -0.05) is 11.6 Å². The summed E-state index contributed by atoms with van der Waals surface area (Å²) in [6.45, 7) is 6.55. The van der Waals surface area contributed by atoms with Crippen molar-refractivity contribution in [3.63, 3.8) is 0 Å². The van der Waals surface area contributed by atoms with Crippen molar-refractivity contribution in [1.29, 1.82) is 0 Å². The Balaban J connectivity index is 1.85. The number of nitro benzene ring substituents is 1. The summed E-state index contributed by atoms with van der Waals surface area (Å²) >= 11 is 0. The van der Waals surface area contributed by atoms with Crippen LogP contribution >= 0.6 is 0 Å². The zero-order valence-corrected chi connectivity index (χ0v) is 16.3. The average molecular weight is 380 g/mol. The molecule has 2 N–H and O–H groups in total. The molecule has 0 unspecified atom stereocenters. The zero-order chi connectivity index (χ0) is 20.3. The lowest BCUT2D eigenvalue weighted by molar-refractivity contribution is -0.384. The maximum atomic E-state index is 12.5. The lowest BCUT2D eigenvalue weighted by atomic mass is 9.86. The molecule has 0 saturated heterocycles. The molecule has 0 spiro atoms. The van der Waals surface area contributed by atoms with Crippen LogP contribution in [0.4, 0.5) is 11.4 Å². The number of amides is 1. The zero-order valence-electron chi connectivity index (χ0n) is 16.3. The summed E-state index contributed by atoms with van der Waals surface area (Å²) in [6, 6.07) is 8.64. The third-order valence-electron chi connectivity index (χ3n) is 4.88. The average Bonchev–Trinajstić information content (AvgIpc) is 2.66. The van der Waals surface area contributed by atoms with Gasteiger partial charge in [0.25, 0.3) is 11.6 Å². The van der Waals surface area contributed by atoms with Crippen molar-refractivity contribution in [3.8, 4) is 0 Å². The number of aryl methyl sites for hydroxylation is 2. The Morgan fingerprint density at radius 2 is 2.00 bits per heavy atom. The highest BCUT2D eigenvalue weighted by Gasteiger charge is 2.20. The number of nitrogens with one attached hydrogen (secondary N) is 2. The van der Waals surface area contributed by atoms with E-state index in [1.54, 1.807) is 12.1 Å². The van der Waals surface area contributed by atoms with Gasteiger partial charge in [-0.2, -0.15) is 5.10 Å². The molecular formula is C21H24N4O3. The molecule has 1 amide bonds. The number of carbonyl (C=O) groups excluding carboxylic acids is 1. The minimum Gasteiger partial charge on any atom is -0.380 e. The van der Waals surface area contributed by atoms with Crippen molar-refractivity contribution in [3.05, 3.63) is 68.3 Å². The molecule has 0 bridgehead atoms. The van der Waals surface area contributed by atoms with Crippen molar-refractivity contribution < 1.29 is 9.72 Å². The van der Waals surface area contributed by atoms with Crippen LogP contribution in [0.15, 0.2) is 35.4 Å². The van der Waals surface area contributed by atoms with Crippen LogP contribution in [-0.4, -0.2) is 23.1 Å². The predicted molar refractivity (Wildman–Crippen MR) is 110 cm³/mol. The summed E-state index contributed by atoms with van der Waals surface area (Å²) in [4.78, 5) is 23.3. The van der Waals surface area contributed by atoms with Crippen LogP contribution in [0.3, 0.4) is 0 Å². The summed E-state index contributed by atoms with van der Waals surface area (Å²) < 4.78 is 0. The second-order valence-corrected chi connectivity index (χ2v) is 6.98. The SMILES string of the molecule is CCNc1ccc(C(=O)NN=C2CCCc3c(C)cc(C)cc32)cc1[N+](=O)[O-]. The molecule has 1 aliphatic carbocycles. The van der Waals surface area contributed by atoms with Gasteiger partial charge >= 0.3 is 0 Å². The van der Waals surface area contributed by atoms with Gasteiger partial charge in [-0.15, -0.1) is 0 Å². The topological polar surface area (TPSA) is 96.6 Å². The standard InChI is InChI=1S/C21H24N4O3/c1-4-22-19-9-8-15(12-20(19)25(27)28)21(26)24-23-18-7-5-6-16-14(3)10-13(2)11-17(16)18/h8-12,22H,4-7H2,1-3H3,(H,24,26). The Labute approximate surface area is 164 Å². The Kier molecular flexibility index (Phi) is 5.73. The van der Waals surface area contributed by atoms with E-state index in [2.05, 4.69) is 34.9 Å². The third kappa shape index (κ3) is 4.03. The number of benzene rings is 2. The van der Waals surface area contributed by atoms with Crippen LogP contribution < -0.4 is 10.7 Å². The van der Waals surface area contributed by atoms with E-state index in [0.717, 1.165) is 36.1 Å². The van der Waals surface area contributed by atoms with Gasteiger partial charge in [0.1, 0.15) is 5.69 Å². The van der Waals surface area contributed by atoms with Gasteiger partial charge in [0.2, 0.25) is 0 Å². The molecule has 0 aromatic heterocycles. The van der Waals surface area contributed by atoms with Crippen molar-refractivity contribution in [2.45, 2.75) is 40.0 Å². The maximum absolute atomic E-state index is 12.5. The van der Waals surface area contributed by atoms with Gasteiger partial charge in [-0.25, -0.2) is 5.43 Å². The Bertz CT molecular complexity index is 966. The molecule has 0 saturated carbocycles. The van der Waals surface area contributed by atoms with Gasteiger partial charge in [-0.05, 0) is 69.4 Å². The first-order valence-corrected chi connectivity index (χ1v) is 9.40. The fourth-order valence-electron chi connectivity index (χ4n) is 3.62. The number of hydrogen-bond acceptors (Lipinski definition) is 5. The number of rotatable bonds is 5. The normalized spacial score (nSPS) is 14.5. The maximum Gasteiger partial charge on any atom is 0.293 e. The monoisotopic (exact) mass is 380 g/mol. The van der Waals surface area contributed by atoms with Crippen LogP contribution in [0.1, 0.15) is 52.4 Å². The van der Waals surface area contributed by atoms with E-state index in [1.807, 2.05) is 13.8 Å². The second kappa shape index (κ2) is 8.21. The molecule has 146 valence electrons. The van der Waals surface area contributed by atoms with E-state index in [9.17, 15) is 14.9 Å². The highest BCUT2D eigenvalue weighted by atomic mass is 16.6. The van der Waals surface area contributed by atoms with Crippen molar-refractivity contribution in [1.82, 2.24) is 5.43 Å². The van der Waals surface area contributed by atoms with Crippen LogP contribution in [0.5, 0.6) is 0 Å². The molecule has 0 fully saturated rings. The fourth-order valence-corrected chi connectivity index (χ4v) is 3.62. The molecule has 0 aliphatic heterocycles. The van der Waals surface area contributed by atoms with E-state index in [1.165, 1.54) is 17.2 Å². The third-order valence-corrected chi connectivity index (χ3v) is 4.88. The molecule has 7 nitrogen and oxygen atoms in total. The number of carbonyl (C=O) groups is 1. The molecule has 2 aromatic rings. The Morgan fingerprint density at radius 3 is 2.71 bits per heavy atom. The lowest BCUT2D eigenvalue weighted by Crippen LogP contribution is -2.22. The minimum atomic E-state index is -0.496.